The van der Waals surface area contributed by atoms with Crippen molar-refractivity contribution in [1.82, 2.24) is 19.6 Å². The molecular weight excluding hydrogens is 346 g/mol. The Morgan fingerprint density at radius 3 is 2.96 bits per heavy atom. The molecule has 0 aliphatic carbocycles. The molecule has 0 saturated heterocycles. The van der Waals surface area contributed by atoms with Crippen LogP contribution in [0.4, 0.5) is 0 Å². The van der Waals surface area contributed by atoms with Crippen molar-refractivity contribution >= 4 is 27.2 Å². The zero-order valence-corrected chi connectivity index (χ0v) is 16.9. The molecule has 1 atom stereocenters. The summed E-state index contributed by atoms with van der Waals surface area (Å²) in [6.45, 7) is 12.6. The fourth-order valence-electron chi connectivity index (χ4n) is 3.70. The number of rotatable bonds is 6. The van der Waals surface area contributed by atoms with Crippen LogP contribution in [0.2, 0.25) is 0 Å². The summed E-state index contributed by atoms with van der Waals surface area (Å²) in [6.07, 6.45) is 5.18. The van der Waals surface area contributed by atoms with Crippen molar-refractivity contribution in [2.45, 2.75) is 65.7 Å². The van der Waals surface area contributed by atoms with E-state index in [2.05, 4.69) is 32.7 Å². The van der Waals surface area contributed by atoms with Gasteiger partial charge in [-0.1, -0.05) is 13.3 Å². The molecule has 3 aromatic heterocycles. The van der Waals surface area contributed by atoms with Crippen LogP contribution < -0.4 is 4.90 Å². The molecule has 7 heteroatoms. The van der Waals surface area contributed by atoms with Crippen LogP contribution in [0.1, 0.15) is 56.8 Å². The maximum absolute atomic E-state index is 5.98. The SMILES string of the molecule is CCCC[NH+](CC)Cc1nc2c3c4c(sc3ncn2n1)COC(C)(C)C4. The number of nitrogens with zero attached hydrogens (tertiary/aromatic N) is 4. The molecule has 0 aromatic carbocycles. The van der Waals surface area contributed by atoms with Gasteiger partial charge in [0, 0.05) is 11.3 Å². The van der Waals surface area contributed by atoms with Crippen molar-refractivity contribution in [3.05, 3.63) is 22.6 Å². The van der Waals surface area contributed by atoms with Crippen molar-refractivity contribution in [2.75, 3.05) is 13.1 Å². The van der Waals surface area contributed by atoms with Crippen molar-refractivity contribution < 1.29 is 9.64 Å². The van der Waals surface area contributed by atoms with Gasteiger partial charge in [-0.25, -0.2) is 14.5 Å². The van der Waals surface area contributed by atoms with Gasteiger partial charge in [0.05, 0.1) is 30.7 Å². The van der Waals surface area contributed by atoms with E-state index >= 15 is 0 Å². The fraction of sp³-hybridized carbons (Fsp3) is 0.632. The minimum Gasteiger partial charge on any atom is -0.370 e. The van der Waals surface area contributed by atoms with Crippen LogP contribution in [0.25, 0.3) is 15.9 Å². The Bertz CT molecular complexity index is 929. The Morgan fingerprint density at radius 2 is 2.19 bits per heavy atom. The van der Waals surface area contributed by atoms with Gasteiger partial charge < -0.3 is 9.64 Å². The number of aromatic nitrogens is 4. The summed E-state index contributed by atoms with van der Waals surface area (Å²) in [5.74, 6) is 0.915. The predicted molar refractivity (Wildman–Crippen MR) is 104 cm³/mol. The molecule has 0 bridgehead atoms. The number of hydrogen-bond acceptors (Lipinski definition) is 5. The molecule has 4 heterocycles. The minimum absolute atomic E-state index is 0.139. The third kappa shape index (κ3) is 3.23. The van der Waals surface area contributed by atoms with Gasteiger partial charge >= 0.3 is 0 Å². The second kappa shape index (κ2) is 6.87. The zero-order valence-electron chi connectivity index (χ0n) is 16.1. The molecule has 1 N–H and O–H groups in total. The summed E-state index contributed by atoms with van der Waals surface area (Å²) < 4.78 is 7.84. The number of quaternary nitrogens is 1. The lowest BCUT2D eigenvalue weighted by Crippen LogP contribution is -3.10. The molecule has 4 rings (SSSR count). The van der Waals surface area contributed by atoms with Crippen molar-refractivity contribution in [1.29, 1.82) is 0 Å². The van der Waals surface area contributed by atoms with Gasteiger partial charge in [-0.15, -0.1) is 16.4 Å². The van der Waals surface area contributed by atoms with E-state index in [1.165, 1.54) is 40.1 Å². The average molecular weight is 375 g/mol. The van der Waals surface area contributed by atoms with Crippen LogP contribution in [-0.2, 0) is 24.3 Å². The van der Waals surface area contributed by atoms with Gasteiger partial charge in [-0.3, -0.25) is 0 Å². The number of thiophene rings is 1. The van der Waals surface area contributed by atoms with Crippen molar-refractivity contribution in [2.24, 2.45) is 0 Å². The number of fused-ring (bicyclic) bond motifs is 5. The van der Waals surface area contributed by atoms with Crippen LogP contribution in [0.15, 0.2) is 6.33 Å². The minimum atomic E-state index is -0.139. The highest BCUT2D eigenvalue weighted by Crippen LogP contribution is 2.39. The van der Waals surface area contributed by atoms with E-state index in [4.69, 9.17) is 14.8 Å². The topological polar surface area (TPSA) is 56.8 Å². The first-order valence-corrected chi connectivity index (χ1v) is 10.4. The summed E-state index contributed by atoms with van der Waals surface area (Å²) in [7, 11) is 0. The van der Waals surface area contributed by atoms with E-state index in [1.54, 1.807) is 17.7 Å². The molecule has 0 radical (unpaired) electrons. The quantitative estimate of drug-likeness (QED) is 0.720. The second-order valence-electron chi connectivity index (χ2n) is 7.83. The van der Waals surface area contributed by atoms with Crippen molar-refractivity contribution in [3.63, 3.8) is 0 Å². The highest BCUT2D eigenvalue weighted by molar-refractivity contribution is 7.19. The fourth-order valence-corrected chi connectivity index (χ4v) is 4.77. The Labute approximate surface area is 158 Å². The van der Waals surface area contributed by atoms with Crippen LogP contribution in [-0.4, -0.2) is 38.3 Å². The monoisotopic (exact) mass is 374 g/mol. The lowest BCUT2D eigenvalue weighted by atomic mass is 9.94. The Balaban J connectivity index is 1.74. The smallest absolute Gasteiger partial charge is 0.206 e. The van der Waals surface area contributed by atoms with Crippen LogP contribution >= 0.6 is 11.3 Å². The van der Waals surface area contributed by atoms with Crippen LogP contribution in [0.3, 0.4) is 0 Å². The number of unbranched alkanes of at least 4 members (excludes halogenated alkanes) is 1. The van der Waals surface area contributed by atoms with E-state index in [0.29, 0.717) is 6.61 Å². The first-order valence-electron chi connectivity index (χ1n) is 9.62. The lowest BCUT2D eigenvalue weighted by molar-refractivity contribution is -0.912. The zero-order chi connectivity index (χ0) is 18.3. The van der Waals surface area contributed by atoms with E-state index < -0.39 is 0 Å². The molecule has 26 heavy (non-hydrogen) atoms. The Morgan fingerprint density at radius 1 is 1.35 bits per heavy atom. The molecule has 1 aliphatic rings. The highest BCUT2D eigenvalue weighted by atomic mass is 32.1. The second-order valence-corrected chi connectivity index (χ2v) is 8.92. The molecule has 0 fully saturated rings. The molecule has 140 valence electrons. The number of nitrogens with one attached hydrogen (secondary N) is 1. The van der Waals surface area contributed by atoms with Crippen LogP contribution in [0.5, 0.6) is 0 Å². The summed E-state index contributed by atoms with van der Waals surface area (Å²) in [5.41, 5.74) is 2.16. The molecule has 6 nitrogen and oxygen atoms in total. The first-order chi connectivity index (χ1) is 12.5. The highest BCUT2D eigenvalue weighted by Gasteiger charge is 2.30. The van der Waals surface area contributed by atoms with Gasteiger partial charge in [0.1, 0.15) is 17.7 Å². The molecule has 1 unspecified atom stereocenters. The van der Waals surface area contributed by atoms with Gasteiger partial charge in [0.15, 0.2) is 5.65 Å². The molecular formula is C19H28N5OS+. The van der Waals surface area contributed by atoms with E-state index in [1.807, 2.05) is 4.52 Å². The van der Waals surface area contributed by atoms with E-state index in [0.717, 1.165) is 35.8 Å². The normalized spacial score (nSPS) is 17.7. The van der Waals surface area contributed by atoms with E-state index in [-0.39, 0.29) is 5.60 Å². The Hall–Kier alpha value is -1.57. The standard InChI is InChI=1S/C19H27N5OS/c1-5-7-8-23(6-2)10-15-21-17-16-13-9-19(3,4)25-11-14(13)26-18(16)20-12-24(17)22-15/h12H,5-11H2,1-4H3/p+1. The summed E-state index contributed by atoms with van der Waals surface area (Å²) in [5, 5.41) is 5.89. The summed E-state index contributed by atoms with van der Waals surface area (Å²) >= 11 is 1.73. The largest absolute Gasteiger partial charge is 0.370 e. The Kier molecular flexibility index (Phi) is 4.71. The third-order valence-electron chi connectivity index (χ3n) is 5.24. The molecule has 1 aliphatic heterocycles. The van der Waals surface area contributed by atoms with Gasteiger partial charge in [0.25, 0.3) is 0 Å². The summed E-state index contributed by atoms with van der Waals surface area (Å²) in [6, 6.07) is 0. The maximum Gasteiger partial charge on any atom is 0.206 e. The molecule has 0 saturated carbocycles. The third-order valence-corrected chi connectivity index (χ3v) is 6.36. The van der Waals surface area contributed by atoms with Gasteiger partial charge in [0.2, 0.25) is 5.82 Å². The number of ether oxygens (including phenoxy) is 1. The lowest BCUT2D eigenvalue weighted by Gasteiger charge is -2.30. The maximum atomic E-state index is 5.98. The van der Waals surface area contributed by atoms with Crippen molar-refractivity contribution in [3.8, 4) is 0 Å². The molecule has 0 amide bonds. The predicted octanol–water partition coefficient (Wildman–Crippen LogP) is 2.40. The summed E-state index contributed by atoms with van der Waals surface area (Å²) in [4.78, 5) is 13.4. The van der Waals surface area contributed by atoms with Gasteiger partial charge in [-0.2, -0.15) is 0 Å². The first kappa shape index (κ1) is 17.8. The number of hydrogen-bond donors (Lipinski definition) is 1. The van der Waals surface area contributed by atoms with Gasteiger partial charge in [-0.05, 0) is 32.8 Å². The molecule has 0 spiro atoms. The average Bonchev–Trinajstić information content (AvgIpc) is 3.17. The van der Waals surface area contributed by atoms with E-state index in [9.17, 15) is 0 Å². The molecule has 3 aromatic rings. The van der Waals surface area contributed by atoms with Crippen LogP contribution in [0, 0.1) is 0 Å².